The Balaban J connectivity index is 2.16. The van der Waals surface area contributed by atoms with E-state index in [9.17, 15) is 9.59 Å². The van der Waals surface area contributed by atoms with Gasteiger partial charge >= 0.3 is 5.97 Å². The number of rotatable bonds is 2. The molecule has 0 N–H and O–H groups in total. The van der Waals surface area contributed by atoms with E-state index in [0.717, 1.165) is 4.47 Å². The van der Waals surface area contributed by atoms with Crippen LogP contribution in [-0.4, -0.2) is 37.0 Å². The van der Waals surface area contributed by atoms with Gasteiger partial charge in [-0.25, -0.2) is 0 Å². The van der Waals surface area contributed by atoms with Crippen LogP contribution in [0.2, 0.25) is 5.02 Å². The third-order valence-electron chi connectivity index (χ3n) is 3.51. The number of carbonyl (C=O) groups excluding carboxylic acids is 2. The largest absolute Gasteiger partial charge is 0.469 e. The van der Waals surface area contributed by atoms with Crippen molar-refractivity contribution in [3.63, 3.8) is 0 Å². The summed E-state index contributed by atoms with van der Waals surface area (Å²) < 4.78 is 5.53. The third kappa shape index (κ3) is 3.15. The number of likely N-dealkylation sites (tertiary alicyclic amines) is 1. The second-order valence-corrected chi connectivity index (χ2v) is 6.33. The summed E-state index contributed by atoms with van der Waals surface area (Å²) in [6, 6.07) is 5.08. The Hall–Kier alpha value is -1.07. The molecule has 2 atom stereocenters. The van der Waals surface area contributed by atoms with E-state index in [2.05, 4.69) is 15.9 Å². The van der Waals surface area contributed by atoms with Crippen LogP contribution < -0.4 is 0 Å². The molecule has 1 heterocycles. The summed E-state index contributed by atoms with van der Waals surface area (Å²) in [7, 11) is 1.37. The molecule has 1 aliphatic heterocycles. The molecule has 4 nitrogen and oxygen atoms in total. The van der Waals surface area contributed by atoms with Crippen LogP contribution in [0.3, 0.4) is 0 Å². The highest BCUT2D eigenvalue weighted by atomic mass is 79.9. The molecule has 0 radical (unpaired) electrons. The zero-order valence-electron chi connectivity index (χ0n) is 11.2. The van der Waals surface area contributed by atoms with Gasteiger partial charge in [-0.2, -0.15) is 0 Å². The number of methoxy groups -OCH3 is 1. The zero-order valence-corrected chi connectivity index (χ0v) is 13.6. The normalized spacial score (nSPS) is 21.9. The van der Waals surface area contributed by atoms with Gasteiger partial charge in [-0.15, -0.1) is 0 Å². The smallest absolute Gasteiger partial charge is 0.310 e. The van der Waals surface area contributed by atoms with E-state index in [1.165, 1.54) is 7.11 Å². The first kappa shape index (κ1) is 15.3. The first-order valence-electron chi connectivity index (χ1n) is 6.25. The van der Waals surface area contributed by atoms with Gasteiger partial charge in [0.25, 0.3) is 5.91 Å². The van der Waals surface area contributed by atoms with Gasteiger partial charge in [-0.05, 0) is 24.1 Å². The van der Waals surface area contributed by atoms with Crippen LogP contribution in [0.15, 0.2) is 22.7 Å². The number of ether oxygens (including phenoxy) is 1. The van der Waals surface area contributed by atoms with E-state index in [4.69, 9.17) is 16.3 Å². The van der Waals surface area contributed by atoms with E-state index in [1.54, 1.807) is 23.1 Å². The quantitative estimate of drug-likeness (QED) is 0.762. The van der Waals surface area contributed by atoms with Crippen molar-refractivity contribution in [2.45, 2.75) is 6.92 Å². The Morgan fingerprint density at radius 2 is 2.05 bits per heavy atom. The number of nitrogens with zero attached hydrogens (tertiary/aromatic N) is 1. The lowest BCUT2D eigenvalue weighted by Crippen LogP contribution is -2.30. The molecule has 0 bridgehead atoms. The molecule has 2 rings (SSSR count). The number of hydrogen-bond donors (Lipinski definition) is 0. The molecule has 1 saturated heterocycles. The minimum Gasteiger partial charge on any atom is -0.469 e. The van der Waals surface area contributed by atoms with Crippen LogP contribution in [0.1, 0.15) is 17.3 Å². The first-order valence-corrected chi connectivity index (χ1v) is 7.42. The van der Waals surface area contributed by atoms with Crippen molar-refractivity contribution in [3.05, 3.63) is 33.3 Å². The van der Waals surface area contributed by atoms with Gasteiger partial charge in [-0.1, -0.05) is 34.5 Å². The summed E-state index contributed by atoms with van der Waals surface area (Å²) in [5.41, 5.74) is 0.516. The third-order valence-corrected chi connectivity index (χ3v) is 4.19. The van der Waals surface area contributed by atoms with E-state index in [1.807, 2.05) is 6.92 Å². The van der Waals surface area contributed by atoms with Gasteiger partial charge in [0.1, 0.15) is 0 Å². The number of carbonyl (C=O) groups is 2. The summed E-state index contributed by atoms with van der Waals surface area (Å²) in [6.45, 7) is 2.88. The Kier molecular flexibility index (Phi) is 4.70. The lowest BCUT2D eigenvalue weighted by atomic mass is 9.99. The number of esters is 1. The zero-order chi connectivity index (χ0) is 14.9. The van der Waals surface area contributed by atoms with E-state index < -0.39 is 0 Å². The molecule has 108 valence electrons. The van der Waals surface area contributed by atoms with E-state index in [-0.39, 0.29) is 23.7 Å². The predicted molar refractivity (Wildman–Crippen MR) is 79.7 cm³/mol. The molecule has 2 unspecified atom stereocenters. The summed E-state index contributed by atoms with van der Waals surface area (Å²) in [6.07, 6.45) is 0. The summed E-state index contributed by atoms with van der Waals surface area (Å²) in [5.74, 6) is -0.549. The molecule has 0 aliphatic carbocycles. The molecular weight excluding hydrogens is 346 g/mol. The van der Waals surface area contributed by atoms with Crippen molar-refractivity contribution >= 4 is 39.4 Å². The van der Waals surface area contributed by atoms with Gasteiger partial charge in [0.15, 0.2) is 0 Å². The topological polar surface area (TPSA) is 46.6 Å². The highest BCUT2D eigenvalue weighted by Crippen LogP contribution is 2.27. The minimum atomic E-state index is -0.264. The van der Waals surface area contributed by atoms with Crippen molar-refractivity contribution in [2.75, 3.05) is 20.2 Å². The van der Waals surface area contributed by atoms with Gasteiger partial charge in [0, 0.05) is 28.1 Å². The molecular formula is C14H15BrClNO3. The molecule has 0 spiro atoms. The van der Waals surface area contributed by atoms with Crippen LogP contribution >= 0.6 is 27.5 Å². The van der Waals surface area contributed by atoms with Crippen molar-refractivity contribution < 1.29 is 14.3 Å². The van der Waals surface area contributed by atoms with Crippen LogP contribution in [0.4, 0.5) is 0 Å². The maximum atomic E-state index is 12.4. The van der Waals surface area contributed by atoms with Crippen LogP contribution in [0, 0.1) is 11.8 Å². The van der Waals surface area contributed by atoms with Gasteiger partial charge in [0.05, 0.1) is 13.0 Å². The number of amides is 1. The van der Waals surface area contributed by atoms with Crippen molar-refractivity contribution in [1.29, 1.82) is 0 Å². The molecule has 0 saturated carbocycles. The standard InChI is InChI=1S/C14H15BrClNO3/c1-8-6-17(7-12(8)14(19)20-2)13(18)9-3-10(15)5-11(16)4-9/h3-5,8,12H,6-7H2,1-2H3. The average molecular weight is 361 g/mol. The molecule has 1 aliphatic rings. The molecule has 1 fully saturated rings. The maximum Gasteiger partial charge on any atom is 0.310 e. The minimum absolute atomic E-state index is 0.0917. The molecule has 0 aromatic heterocycles. The fourth-order valence-corrected chi connectivity index (χ4v) is 3.31. The van der Waals surface area contributed by atoms with Gasteiger partial charge < -0.3 is 9.64 Å². The molecule has 20 heavy (non-hydrogen) atoms. The second-order valence-electron chi connectivity index (χ2n) is 4.98. The highest BCUT2D eigenvalue weighted by molar-refractivity contribution is 9.10. The lowest BCUT2D eigenvalue weighted by molar-refractivity contribution is -0.146. The summed E-state index contributed by atoms with van der Waals surface area (Å²) >= 11 is 9.27. The summed E-state index contributed by atoms with van der Waals surface area (Å²) in [5, 5.41) is 0.500. The molecule has 1 aromatic carbocycles. The van der Waals surface area contributed by atoms with Crippen LogP contribution in [0.5, 0.6) is 0 Å². The molecule has 6 heteroatoms. The fourth-order valence-electron chi connectivity index (χ4n) is 2.45. The van der Waals surface area contributed by atoms with E-state index in [0.29, 0.717) is 23.7 Å². The first-order chi connectivity index (χ1) is 9.42. The Morgan fingerprint density at radius 3 is 2.65 bits per heavy atom. The number of benzene rings is 1. The van der Waals surface area contributed by atoms with Gasteiger partial charge in [-0.3, -0.25) is 9.59 Å². The van der Waals surface area contributed by atoms with Crippen LogP contribution in [-0.2, 0) is 9.53 Å². The van der Waals surface area contributed by atoms with Gasteiger partial charge in [0.2, 0.25) is 0 Å². The maximum absolute atomic E-state index is 12.4. The fraction of sp³-hybridized carbons (Fsp3) is 0.429. The summed E-state index contributed by atoms with van der Waals surface area (Å²) in [4.78, 5) is 25.8. The van der Waals surface area contributed by atoms with Crippen molar-refractivity contribution in [2.24, 2.45) is 11.8 Å². The van der Waals surface area contributed by atoms with Crippen LogP contribution in [0.25, 0.3) is 0 Å². The number of halogens is 2. The van der Waals surface area contributed by atoms with Crippen molar-refractivity contribution in [1.82, 2.24) is 4.90 Å². The monoisotopic (exact) mass is 359 g/mol. The Morgan fingerprint density at radius 1 is 1.35 bits per heavy atom. The second kappa shape index (κ2) is 6.14. The Bertz CT molecular complexity index is 529. The highest BCUT2D eigenvalue weighted by Gasteiger charge is 2.37. The molecule has 1 aromatic rings. The SMILES string of the molecule is COC(=O)C1CN(C(=O)c2cc(Cl)cc(Br)c2)CC1C. The number of hydrogen-bond acceptors (Lipinski definition) is 3. The average Bonchev–Trinajstić information content (AvgIpc) is 2.78. The Labute approximate surface area is 131 Å². The predicted octanol–water partition coefficient (Wildman–Crippen LogP) is 2.98. The molecule has 1 amide bonds. The van der Waals surface area contributed by atoms with Crippen molar-refractivity contribution in [3.8, 4) is 0 Å². The lowest BCUT2D eigenvalue weighted by Gasteiger charge is -2.16. The van der Waals surface area contributed by atoms with E-state index >= 15 is 0 Å².